The Balaban J connectivity index is 2.03. The van der Waals surface area contributed by atoms with Crippen molar-refractivity contribution in [1.29, 1.82) is 0 Å². The fourth-order valence-electron chi connectivity index (χ4n) is 1.85. The van der Waals surface area contributed by atoms with Gasteiger partial charge in [0.1, 0.15) is 10.0 Å². The molecule has 1 aromatic rings. The lowest BCUT2D eigenvalue weighted by atomic mass is 10.2. The van der Waals surface area contributed by atoms with Crippen LogP contribution in [0.3, 0.4) is 0 Å². The van der Waals surface area contributed by atoms with E-state index in [1.807, 2.05) is 20.9 Å². The van der Waals surface area contributed by atoms with Gasteiger partial charge in [-0.05, 0) is 13.8 Å². The Morgan fingerprint density at radius 1 is 1.44 bits per heavy atom. The molecule has 2 rings (SSSR count). The van der Waals surface area contributed by atoms with Gasteiger partial charge >= 0.3 is 0 Å². The van der Waals surface area contributed by atoms with E-state index in [-0.39, 0.29) is 11.9 Å². The smallest absolute Gasteiger partial charge is 0.239 e. The first-order chi connectivity index (χ1) is 7.58. The van der Waals surface area contributed by atoms with E-state index >= 15 is 0 Å². The molecule has 0 bridgehead atoms. The van der Waals surface area contributed by atoms with Crippen molar-refractivity contribution in [3.63, 3.8) is 0 Å². The van der Waals surface area contributed by atoms with E-state index in [1.54, 1.807) is 16.2 Å². The number of aromatic nitrogens is 2. The van der Waals surface area contributed by atoms with Crippen LogP contribution in [-0.2, 0) is 11.3 Å². The molecule has 0 N–H and O–H groups in total. The molecule has 88 valence electrons. The summed E-state index contributed by atoms with van der Waals surface area (Å²) in [7, 11) is 1.85. The van der Waals surface area contributed by atoms with Crippen LogP contribution in [0.25, 0.3) is 0 Å². The average Bonchev–Trinajstić information content (AvgIpc) is 2.65. The fourth-order valence-corrected chi connectivity index (χ4v) is 2.58. The zero-order chi connectivity index (χ0) is 11.7. The minimum atomic E-state index is -0.0528. The maximum Gasteiger partial charge on any atom is 0.239 e. The molecule has 0 radical (unpaired) electrons. The molecule has 1 saturated heterocycles. The zero-order valence-corrected chi connectivity index (χ0v) is 10.6. The second kappa shape index (κ2) is 4.47. The highest BCUT2D eigenvalue weighted by atomic mass is 32.1. The van der Waals surface area contributed by atoms with Gasteiger partial charge in [0.15, 0.2) is 0 Å². The number of rotatable bonds is 2. The van der Waals surface area contributed by atoms with Crippen molar-refractivity contribution >= 4 is 17.2 Å². The maximum atomic E-state index is 11.8. The molecule has 1 amide bonds. The van der Waals surface area contributed by atoms with E-state index < -0.39 is 0 Å². The summed E-state index contributed by atoms with van der Waals surface area (Å²) in [5.74, 6) is 0.187. The van der Waals surface area contributed by atoms with E-state index in [0.29, 0.717) is 0 Å². The van der Waals surface area contributed by atoms with Crippen LogP contribution in [0.15, 0.2) is 0 Å². The van der Waals surface area contributed by atoms with Gasteiger partial charge in [0.2, 0.25) is 5.91 Å². The number of hydrogen-bond donors (Lipinski definition) is 0. The monoisotopic (exact) mass is 240 g/mol. The Hall–Kier alpha value is -1.01. The number of hydrogen-bond acceptors (Lipinski definition) is 5. The van der Waals surface area contributed by atoms with E-state index in [0.717, 1.165) is 29.6 Å². The lowest BCUT2D eigenvalue weighted by Gasteiger charge is -2.36. The van der Waals surface area contributed by atoms with E-state index in [4.69, 9.17) is 0 Å². The summed E-state index contributed by atoms with van der Waals surface area (Å²) in [5, 5.41) is 10.0. The largest absolute Gasteiger partial charge is 0.343 e. The third-order valence-electron chi connectivity index (χ3n) is 2.91. The summed E-state index contributed by atoms with van der Waals surface area (Å²) in [6, 6.07) is -0.0528. The Bertz CT molecular complexity index is 392. The number of piperazine rings is 1. The molecule has 0 aliphatic carbocycles. The first-order valence-electron chi connectivity index (χ1n) is 5.36. The fraction of sp³-hybridized carbons (Fsp3) is 0.700. The van der Waals surface area contributed by atoms with Crippen LogP contribution in [0.5, 0.6) is 0 Å². The first kappa shape index (κ1) is 11.5. The SMILES string of the molecule is Cc1nnc(CN2CCN(C)C(=O)C2C)s1. The minimum absolute atomic E-state index is 0.0528. The summed E-state index contributed by atoms with van der Waals surface area (Å²) in [6.07, 6.45) is 0. The maximum absolute atomic E-state index is 11.8. The second-order valence-electron chi connectivity index (χ2n) is 4.12. The van der Waals surface area contributed by atoms with Crippen molar-refractivity contribution < 1.29 is 4.79 Å². The van der Waals surface area contributed by atoms with Gasteiger partial charge in [0.05, 0.1) is 12.6 Å². The van der Waals surface area contributed by atoms with Gasteiger partial charge in [-0.15, -0.1) is 21.5 Å². The predicted octanol–water partition coefficient (Wildman–Crippen LogP) is 0.509. The number of amides is 1. The highest BCUT2D eigenvalue weighted by molar-refractivity contribution is 7.11. The number of aryl methyl sites for hydroxylation is 1. The van der Waals surface area contributed by atoms with Gasteiger partial charge in [-0.3, -0.25) is 9.69 Å². The molecule has 16 heavy (non-hydrogen) atoms. The molecule has 1 aliphatic rings. The molecule has 1 atom stereocenters. The molecule has 0 aromatic carbocycles. The average molecular weight is 240 g/mol. The molecular weight excluding hydrogens is 224 g/mol. The lowest BCUT2D eigenvalue weighted by Crippen LogP contribution is -2.53. The van der Waals surface area contributed by atoms with Gasteiger partial charge in [-0.2, -0.15) is 0 Å². The summed E-state index contributed by atoms with van der Waals surface area (Å²) in [5.41, 5.74) is 0. The Kier molecular flexibility index (Phi) is 3.20. The summed E-state index contributed by atoms with van der Waals surface area (Å²) in [4.78, 5) is 15.7. The summed E-state index contributed by atoms with van der Waals surface area (Å²) in [6.45, 7) is 6.32. The third-order valence-corrected chi connectivity index (χ3v) is 3.73. The van der Waals surface area contributed by atoms with Crippen molar-refractivity contribution in [2.75, 3.05) is 20.1 Å². The number of likely N-dealkylation sites (N-methyl/N-ethyl adjacent to an activating group) is 1. The van der Waals surface area contributed by atoms with E-state index in [9.17, 15) is 4.79 Å². The van der Waals surface area contributed by atoms with Crippen molar-refractivity contribution in [2.24, 2.45) is 0 Å². The van der Waals surface area contributed by atoms with Crippen LogP contribution >= 0.6 is 11.3 Å². The number of carbonyl (C=O) groups excluding carboxylic acids is 1. The molecule has 5 nitrogen and oxygen atoms in total. The van der Waals surface area contributed by atoms with Crippen LogP contribution in [0.4, 0.5) is 0 Å². The molecular formula is C10H16N4OS. The normalized spacial score (nSPS) is 22.8. The van der Waals surface area contributed by atoms with Crippen molar-refractivity contribution in [3.05, 3.63) is 10.0 Å². The predicted molar refractivity (Wildman–Crippen MR) is 62.2 cm³/mol. The van der Waals surface area contributed by atoms with Gasteiger partial charge in [-0.1, -0.05) is 0 Å². The lowest BCUT2D eigenvalue weighted by molar-refractivity contribution is -0.139. The summed E-state index contributed by atoms with van der Waals surface area (Å²) >= 11 is 1.60. The van der Waals surface area contributed by atoms with Crippen LogP contribution in [0.2, 0.25) is 0 Å². The molecule has 1 aromatic heterocycles. The molecule has 1 aliphatic heterocycles. The van der Waals surface area contributed by atoms with Gasteiger partial charge in [-0.25, -0.2) is 0 Å². The van der Waals surface area contributed by atoms with Gasteiger partial charge < -0.3 is 4.90 Å². The standard InChI is InChI=1S/C10H16N4OS/c1-7-10(15)13(3)4-5-14(7)6-9-12-11-8(2)16-9/h7H,4-6H2,1-3H3. The molecule has 0 saturated carbocycles. The molecule has 6 heteroatoms. The van der Waals surface area contributed by atoms with Crippen molar-refractivity contribution in [3.8, 4) is 0 Å². The van der Waals surface area contributed by atoms with E-state index in [2.05, 4.69) is 15.1 Å². The molecule has 0 spiro atoms. The van der Waals surface area contributed by atoms with Gasteiger partial charge in [0.25, 0.3) is 0 Å². The minimum Gasteiger partial charge on any atom is -0.343 e. The summed E-state index contributed by atoms with van der Waals surface area (Å²) < 4.78 is 0. The Morgan fingerprint density at radius 2 is 2.19 bits per heavy atom. The van der Waals surface area contributed by atoms with Crippen molar-refractivity contribution in [1.82, 2.24) is 20.0 Å². The molecule has 1 unspecified atom stereocenters. The van der Waals surface area contributed by atoms with Crippen LogP contribution in [0.1, 0.15) is 16.9 Å². The van der Waals surface area contributed by atoms with Crippen LogP contribution in [0, 0.1) is 6.92 Å². The third kappa shape index (κ3) is 2.22. The highest BCUT2D eigenvalue weighted by Crippen LogP contribution is 2.16. The molecule has 2 heterocycles. The van der Waals surface area contributed by atoms with Gasteiger partial charge in [0, 0.05) is 20.1 Å². The number of carbonyl (C=O) groups is 1. The van der Waals surface area contributed by atoms with E-state index in [1.165, 1.54) is 0 Å². The Labute approximate surface area is 99.1 Å². The molecule has 1 fully saturated rings. The quantitative estimate of drug-likeness (QED) is 0.756. The van der Waals surface area contributed by atoms with Crippen molar-refractivity contribution in [2.45, 2.75) is 26.4 Å². The van der Waals surface area contributed by atoms with Crippen LogP contribution < -0.4 is 0 Å². The van der Waals surface area contributed by atoms with Crippen LogP contribution in [-0.4, -0.2) is 52.1 Å². The highest BCUT2D eigenvalue weighted by Gasteiger charge is 2.29. The number of nitrogens with zero attached hydrogens (tertiary/aromatic N) is 4. The zero-order valence-electron chi connectivity index (χ0n) is 9.80. The topological polar surface area (TPSA) is 49.3 Å². The Morgan fingerprint density at radius 3 is 2.81 bits per heavy atom. The second-order valence-corrected chi connectivity index (χ2v) is 5.39. The first-order valence-corrected chi connectivity index (χ1v) is 6.17.